The molecule has 0 bridgehead atoms. The number of rotatable bonds is 6. The molecule has 96 valence electrons. The Kier molecular flexibility index (Phi) is 5.68. The van der Waals surface area contributed by atoms with Crippen LogP contribution in [0.25, 0.3) is 0 Å². The Labute approximate surface area is 97.0 Å². The van der Waals surface area contributed by atoms with Gasteiger partial charge in [0, 0.05) is 12.6 Å². The standard InChI is InChI=1S/C10H21NO4S/c12-10(6-7-16(13,14)15)8-11-9-4-2-1-3-5-9/h9-12H,1-8H2,(H,13,14,15). The molecular weight excluding hydrogens is 230 g/mol. The van der Waals surface area contributed by atoms with Crippen molar-refractivity contribution in [2.24, 2.45) is 0 Å². The van der Waals surface area contributed by atoms with Gasteiger partial charge in [-0.1, -0.05) is 19.3 Å². The van der Waals surface area contributed by atoms with Crippen LogP contribution in [-0.4, -0.2) is 42.5 Å². The summed E-state index contributed by atoms with van der Waals surface area (Å²) < 4.78 is 29.5. The van der Waals surface area contributed by atoms with Crippen LogP contribution in [0.2, 0.25) is 0 Å². The first-order valence-electron chi connectivity index (χ1n) is 5.84. The van der Waals surface area contributed by atoms with E-state index in [1.54, 1.807) is 0 Å². The Morgan fingerprint density at radius 2 is 1.88 bits per heavy atom. The predicted molar refractivity (Wildman–Crippen MR) is 61.9 cm³/mol. The summed E-state index contributed by atoms with van der Waals surface area (Å²) >= 11 is 0. The van der Waals surface area contributed by atoms with Crippen molar-refractivity contribution in [1.82, 2.24) is 5.32 Å². The maximum absolute atomic E-state index is 10.5. The molecule has 0 amide bonds. The van der Waals surface area contributed by atoms with Crippen molar-refractivity contribution in [3.8, 4) is 0 Å². The van der Waals surface area contributed by atoms with Gasteiger partial charge in [0.15, 0.2) is 0 Å². The molecule has 5 nitrogen and oxygen atoms in total. The molecule has 1 fully saturated rings. The lowest BCUT2D eigenvalue weighted by Crippen LogP contribution is -2.37. The molecule has 1 saturated carbocycles. The summed E-state index contributed by atoms with van der Waals surface area (Å²) in [6, 6.07) is 0.453. The van der Waals surface area contributed by atoms with Gasteiger partial charge in [0.1, 0.15) is 0 Å². The van der Waals surface area contributed by atoms with Crippen LogP contribution in [0.15, 0.2) is 0 Å². The molecule has 0 aromatic heterocycles. The summed E-state index contributed by atoms with van der Waals surface area (Å²) in [6.07, 6.45) is 5.36. The lowest BCUT2D eigenvalue weighted by molar-refractivity contribution is 0.159. The Hall–Kier alpha value is -0.170. The number of nitrogens with one attached hydrogen (secondary N) is 1. The number of hydrogen-bond donors (Lipinski definition) is 3. The summed E-state index contributed by atoms with van der Waals surface area (Å²) in [7, 11) is -3.95. The predicted octanol–water partition coefficient (Wildman–Crippen LogP) is 0.547. The topological polar surface area (TPSA) is 86.6 Å². The third kappa shape index (κ3) is 6.42. The van der Waals surface area contributed by atoms with Crippen molar-refractivity contribution in [3.63, 3.8) is 0 Å². The molecule has 1 aliphatic rings. The zero-order valence-corrected chi connectivity index (χ0v) is 10.2. The first-order valence-corrected chi connectivity index (χ1v) is 7.45. The molecule has 1 atom stereocenters. The molecule has 0 aromatic carbocycles. The minimum absolute atomic E-state index is 0.0819. The summed E-state index contributed by atoms with van der Waals surface area (Å²) in [5.41, 5.74) is 0. The van der Waals surface area contributed by atoms with Gasteiger partial charge < -0.3 is 10.4 Å². The van der Waals surface area contributed by atoms with Crippen LogP contribution in [0.5, 0.6) is 0 Å². The second-order valence-electron chi connectivity index (χ2n) is 4.47. The van der Waals surface area contributed by atoms with Gasteiger partial charge in [0.05, 0.1) is 11.9 Å². The van der Waals surface area contributed by atoms with E-state index in [0.717, 1.165) is 12.8 Å². The van der Waals surface area contributed by atoms with Gasteiger partial charge in [0.2, 0.25) is 0 Å². The number of aliphatic hydroxyl groups is 1. The highest BCUT2D eigenvalue weighted by molar-refractivity contribution is 7.85. The third-order valence-corrected chi connectivity index (χ3v) is 3.71. The van der Waals surface area contributed by atoms with E-state index in [1.807, 2.05) is 0 Å². The van der Waals surface area contributed by atoms with E-state index in [4.69, 9.17) is 4.55 Å². The van der Waals surface area contributed by atoms with Crippen LogP contribution in [-0.2, 0) is 10.1 Å². The van der Waals surface area contributed by atoms with Gasteiger partial charge in [-0.25, -0.2) is 0 Å². The lowest BCUT2D eigenvalue weighted by atomic mass is 9.95. The van der Waals surface area contributed by atoms with Gasteiger partial charge in [-0.2, -0.15) is 8.42 Å². The van der Waals surface area contributed by atoms with Gasteiger partial charge in [-0.15, -0.1) is 0 Å². The monoisotopic (exact) mass is 251 g/mol. The Morgan fingerprint density at radius 1 is 1.25 bits per heavy atom. The normalized spacial score (nSPS) is 20.9. The van der Waals surface area contributed by atoms with Crippen LogP contribution >= 0.6 is 0 Å². The van der Waals surface area contributed by atoms with Crippen molar-refractivity contribution >= 4 is 10.1 Å². The summed E-state index contributed by atoms with van der Waals surface area (Å²) in [5, 5.41) is 12.7. The molecule has 0 spiro atoms. The minimum Gasteiger partial charge on any atom is -0.392 e. The zero-order chi connectivity index (χ0) is 12.0. The SMILES string of the molecule is O=S(=O)(O)CCC(O)CNC1CCCCC1. The molecule has 6 heteroatoms. The molecule has 1 rings (SSSR count). The maximum atomic E-state index is 10.5. The van der Waals surface area contributed by atoms with Crippen LogP contribution in [0.4, 0.5) is 0 Å². The largest absolute Gasteiger partial charge is 0.392 e. The molecule has 0 heterocycles. The van der Waals surface area contributed by atoms with E-state index in [0.29, 0.717) is 12.6 Å². The smallest absolute Gasteiger partial charge is 0.264 e. The zero-order valence-electron chi connectivity index (χ0n) is 9.43. The van der Waals surface area contributed by atoms with Crippen LogP contribution in [0.3, 0.4) is 0 Å². The fourth-order valence-corrected chi connectivity index (χ4v) is 2.57. The van der Waals surface area contributed by atoms with E-state index >= 15 is 0 Å². The summed E-state index contributed by atoms with van der Waals surface area (Å²) in [6.45, 7) is 0.403. The molecule has 0 saturated heterocycles. The Bertz CT molecular complexity index is 285. The second kappa shape index (κ2) is 6.54. The van der Waals surface area contributed by atoms with Gasteiger partial charge in [-0.3, -0.25) is 4.55 Å². The van der Waals surface area contributed by atoms with E-state index in [2.05, 4.69) is 5.32 Å². The van der Waals surface area contributed by atoms with Crippen molar-refractivity contribution < 1.29 is 18.1 Å². The molecular formula is C10H21NO4S. The van der Waals surface area contributed by atoms with Crippen LogP contribution < -0.4 is 5.32 Å². The van der Waals surface area contributed by atoms with Crippen molar-refractivity contribution in [2.75, 3.05) is 12.3 Å². The van der Waals surface area contributed by atoms with E-state index in [-0.39, 0.29) is 12.2 Å². The van der Waals surface area contributed by atoms with Gasteiger partial charge >= 0.3 is 0 Å². The van der Waals surface area contributed by atoms with Crippen molar-refractivity contribution in [2.45, 2.75) is 50.7 Å². The average molecular weight is 251 g/mol. The molecule has 1 aliphatic carbocycles. The maximum Gasteiger partial charge on any atom is 0.264 e. The molecule has 0 aromatic rings. The summed E-state index contributed by atoms with van der Waals surface area (Å²) in [4.78, 5) is 0. The van der Waals surface area contributed by atoms with E-state index < -0.39 is 16.2 Å². The van der Waals surface area contributed by atoms with Gasteiger partial charge in [0.25, 0.3) is 10.1 Å². The molecule has 0 aliphatic heterocycles. The van der Waals surface area contributed by atoms with Crippen molar-refractivity contribution in [3.05, 3.63) is 0 Å². The highest BCUT2D eigenvalue weighted by Gasteiger charge is 2.15. The highest BCUT2D eigenvalue weighted by atomic mass is 32.2. The molecule has 1 unspecified atom stereocenters. The second-order valence-corrected chi connectivity index (χ2v) is 6.04. The molecule has 0 radical (unpaired) electrons. The first-order chi connectivity index (χ1) is 7.47. The third-order valence-electron chi connectivity index (χ3n) is 2.96. The Morgan fingerprint density at radius 3 is 2.44 bits per heavy atom. The van der Waals surface area contributed by atoms with Gasteiger partial charge in [-0.05, 0) is 19.3 Å². The van der Waals surface area contributed by atoms with Crippen LogP contribution in [0, 0.1) is 0 Å². The number of aliphatic hydroxyl groups excluding tert-OH is 1. The summed E-state index contributed by atoms with van der Waals surface area (Å²) in [5.74, 6) is -0.374. The van der Waals surface area contributed by atoms with Crippen molar-refractivity contribution in [1.29, 1.82) is 0 Å². The van der Waals surface area contributed by atoms with E-state index in [9.17, 15) is 13.5 Å². The number of hydrogen-bond acceptors (Lipinski definition) is 4. The Balaban J connectivity index is 2.11. The quantitative estimate of drug-likeness (QED) is 0.600. The first kappa shape index (κ1) is 13.9. The lowest BCUT2D eigenvalue weighted by Gasteiger charge is -2.24. The van der Waals surface area contributed by atoms with E-state index in [1.165, 1.54) is 19.3 Å². The molecule has 16 heavy (non-hydrogen) atoms. The minimum atomic E-state index is -3.95. The average Bonchev–Trinajstić information content (AvgIpc) is 2.24. The molecule has 3 N–H and O–H groups in total. The fourth-order valence-electron chi connectivity index (χ4n) is 2.00. The fraction of sp³-hybridized carbons (Fsp3) is 1.00. The highest BCUT2D eigenvalue weighted by Crippen LogP contribution is 2.17. The van der Waals surface area contributed by atoms with Crippen LogP contribution in [0.1, 0.15) is 38.5 Å².